The second kappa shape index (κ2) is 15.6. The van der Waals surface area contributed by atoms with Crippen molar-refractivity contribution in [3.63, 3.8) is 0 Å². The zero-order valence-corrected chi connectivity index (χ0v) is 9.07. The Morgan fingerprint density at radius 3 is 2.00 bits per heavy atom. The van der Waals surface area contributed by atoms with Crippen LogP contribution in [0.15, 0.2) is 30.3 Å². The van der Waals surface area contributed by atoms with Crippen molar-refractivity contribution in [3.8, 4) is 0 Å². The van der Waals surface area contributed by atoms with Crippen molar-refractivity contribution in [2.24, 2.45) is 0 Å². The van der Waals surface area contributed by atoms with Crippen LogP contribution in [0.2, 0.25) is 0 Å². The van der Waals surface area contributed by atoms with Gasteiger partial charge < -0.3 is 5.11 Å². The summed E-state index contributed by atoms with van der Waals surface area (Å²) in [4.78, 5) is 0. The summed E-state index contributed by atoms with van der Waals surface area (Å²) in [6.07, 6.45) is 3.08. The van der Waals surface area contributed by atoms with Crippen LogP contribution >= 0.6 is 0 Å². The SMILES string of the molecule is C.CC.F.OCCCCc1ccccc1. The minimum absolute atomic E-state index is 0. The summed E-state index contributed by atoms with van der Waals surface area (Å²) in [6, 6.07) is 10.4. The maximum Gasteiger partial charge on any atom is 0.0431 e. The average Bonchev–Trinajstić information content (AvgIpc) is 2.23. The van der Waals surface area contributed by atoms with Gasteiger partial charge in [0.25, 0.3) is 0 Å². The molecule has 15 heavy (non-hydrogen) atoms. The molecular weight excluding hydrogens is 191 g/mol. The molecule has 0 aliphatic carbocycles. The maximum atomic E-state index is 8.54. The summed E-state index contributed by atoms with van der Waals surface area (Å²) >= 11 is 0. The van der Waals surface area contributed by atoms with Gasteiger partial charge >= 0.3 is 0 Å². The van der Waals surface area contributed by atoms with Crippen LogP contribution < -0.4 is 0 Å². The van der Waals surface area contributed by atoms with Gasteiger partial charge in [0.15, 0.2) is 0 Å². The van der Waals surface area contributed by atoms with Gasteiger partial charge in [-0.3, -0.25) is 4.70 Å². The topological polar surface area (TPSA) is 20.2 Å². The largest absolute Gasteiger partial charge is 0.396 e. The second-order valence-electron chi connectivity index (χ2n) is 2.67. The molecule has 90 valence electrons. The van der Waals surface area contributed by atoms with Gasteiger partial charge in [0.1, 0.15) is 0 Å². The highest BCUT2D eigenvalue weighted by molar-refractivity contribution is 5.14. The van der Waals surface area contributed by atoms with Gasteiger partial charge in [0.2, 0.25) is 0 Å². The molecule has 0 unspecified atom stereocenters. The van der Waals surface area contributed by atoms with E-state index in [0.29, 0.717) is 6.61 Å². The summed E-state index contributed by atoms with van der Waals surface area (Å²) in [5.74, 6) is 0. The summed E-state index contributed by atoms with van der Waals surface area (Å²) in [5.41, 5.74) is 1.36. The van der Waals surface area contributed by atoms with Gasteiger partial charge in [-0.2, -0.15) is 0 Å². The van der Waals surface area contributed by atoms with Gasteiger partial charge in [-0.15, -0.1) is 0 Å². The first kappa shape index (κ1) is 19.6. The van der Waals surface area contributed by atoms with Crippen molar-refractivity contribution in [3.05, 3.63) is 35.9 Å². The number of hydrogen-bond acceptors (Lipinski definition) is 1. The summed E-state index contributed by atoms with van der Waals surface area (Å²) in [6.45, 7) is 4.31. The molecule has 1 N–H and O–H groups in total. The molecule has 2 heteroatoms. The lowest BCUT2D eigenvalue weighted by molar-refractivity contribution is 0.284. The van der Waals surface area contributed by atoms with E-state index in [1.54, 1.807) is 0 Å². The Morgan fingerprint density at radius 1 is 1.00 bits per heavy atom. The lowest BCUT2D eigenvalue weighted by Gasteiger charge is -1.97. The van der Waals surface area contributed by atoms with Crippen LogP contribution in [-0.2, 0) is 6.42 Å². The molecule has 1 nitrogen and oxygen atoms in total. The molecule has 0 aliphatic heterocycles. The van der Waals surface area contributed by atoms with E-state index in [1.165, 1.54) is 5.56 Å². The molecule has 0 radical (unpaired) electrons. The Morgan fingerprint density at radius 2 is 1.53 bits per heavy atom. The molecule has 0 atom stereocenters. The number of unbranched alkanes of at least 4 members (excludes halogenated alkanes) is 1. The molecular formula is C13H25FO. The van der Waals surface area contributed by atoms with Gasteiger partial charge in [0, 0.05) is 6.61 Å². The Hall–Kier alpha value is -0.890. The molecule has 0 saturated heterocycles. The van der Waals surface area contributed by atoms with Gasteiger partial charge in [-0.1, -0.05) is 51.6 Å². The van der Waals surface area contributed by atoms with Crippen LogP contribution in [-0.4, -0.2) is 11.7 Å². The van der Waals surface area contributed by atoms with E-state index in [2.05, 4.69) is 12.1 Å². The third-order valence-electron chi connectivity index (χ3n) is 1.72. The quantitative estimate of drug-likeness (QED) is 0.759. The van der Waals surface area contributed by atoms with Crippen LogP contribution in [0.3, 0.4) is 0 Å². The second-order valence-corrected chi connectivity index (χ2v) is 2.67. The molecule has 0 heterocycles. The zero-order chi connectivity index (χ0) is 9.94. The number of aliphatic hydroxyl groups is 1. The predicted molar refractivity (Wildman–Crippen MR) is 67.0 cm³/mol. The molecule has 0 spiro atoms. The number of halogens is 1. The van der Waals surface area contributed by atoms with Crippen molar-refractivity contribution < 1.29 is 9.81 Å². The van der Waals surface area contributed by atoms with Crippen LogP contribution in [0.1, 0.15) is 39.7 Å². The van der Waals surface area contributed by atoms with E-state index >= 15 is 0 Å². The molecule has 0 saturated carbocycles. The number of aliphatic hydroxyl groups excluding tert-OH is 1. The monoisotopic (exact) mass is 216 g/mol. The van der Waals surface area contributed by atoms with E-state index < -0.39 is 0 Å². The highest BCUT2D eigenvalue weighted by Crippen LogP contribution is 2.03. The molecule has 1 rings (SSSR count). The maximum absolute atomic E-state index is 8.54. The fourth-order valence-corrected chi connectivity index (χ4v) is 1.09. The first-order chi connectivity index (χ1) is 6.43. The molecule has 1 aromatic rings. The number of aryl methyl sites for hydroxylation is 1. The Kier molecular flexibility index (Phi) is 20.4. The van der Waals surface area contributed by atoms with Crippen molar-refractivity contribution in [2.45, 2.75) is 40.5 Å². The summed E-state index contributed by atoms with van der Waals surface area (Å²) in [5, 5.41) is 8.54. The van der Waals surface area contributed by atoms with Gasteiger partial charge in [0.05, 0.1) is 0 Å². The highest BCUT2D eigenvalue weighted by atomic mass is 19.0. The zero-order valence-electron chi connectivity index (χ0n) is 9.07. The molecule has 1 aromatic carbocycles. The Labute approximate surface area is 93.5 Å². The Balaban J connectivity index is -0.000000339. The van der Waals surface area contributed by atoms with Crippen molar-refractivity contribution >= 4 is 0 Å². The van der Waals surface area contributed by atoms with E-state index in [9.17, 15) is 0 Å². The van der Waals surface area contributed by atoms with Crippen molar-refractivity contribution in [1.82, 2.24) is 0 Å². The number of rotatable bonds is 4. The van der Waals surface area contributed by atoms with E-state index in [1.807, 2.05) is 32.0 Å². The average molecular weight is 216 g/mol. The molecule has 0 aliphatic rings. The fourth-order valence-electron chi connectivity index (χ4n) is 1.09. The number of benzene rings is 1. The van der Waals surface area contributed by atoms with E-state index in [-0.39, 0.29) is 12.1 Å². The predicted octanol–water partition coefficient (Wildman–Crippen LogP) is 3.82. The molecule has 0 fully saturated rings. The summed E-state index contributed by atoms with van der Waals surface area (Å²) in [7, 11) is 0. The first-order valence-corrected chi connectivity index (χ1v) is 5.08. The van der Waals surface area contributed by atoms with Crippen molar-refractivity contribution in [2.75, 3.05) is 6.61 Å². The van der Waals surface area contributed by atoms with E-state index in [4.69, 9.17) is 5.11 Å². The minimum Gasteiger partial charge on any atom is -0.396 e. The summed E-state index contributed by atoms with van der Waals surface area (Å²) < 4.78 is 0. The first-order valence-electron chi connectivity index (χ1n) is 5.08. The van der Waals surface area contributed by atoms with Crippen LogP contribution in [0.5, 0.6) is 0 Å². The van der Waals surface area contributed by atoms with Crippen molar-refractivity contribution in [1.29, 1.82) is 0 Å². The third-order valence-corrected chi connectivity index (χ3v) is 1.72. The smallest absolute Gasteiger partial charge is 0.0431 e. The number of hydrogen-bond donors (Lipinski definition) is 1. The van der Waals surface area contributed by atoms with Crippen LogP contribution in [0.25, 0.3) is 0 Å². The van der Waals surface area contributed by atoms with E-state index in [0.717, 1.165) is 19.3 Å². The minimum atomic E-state index is 0. The van der Waals surface area contributed by atoms with Gasteiger partial charge in [-0.25, -0.2) is 0 Å². The third kappa shape index (κ3) is 11.0. The van der Waals surface area contributed by atoms with Gasteiger partial charge in [-0.05, 0) is 24.8 Å². The fraction of sp³-hybridized carbons (Fsp3) is 0.538. The lowest BCUT2D eigenvalue weighted by Crippen LogP contribution is -1.87. The normalized spacial score (nSPS) is 7.67. The molecule has 0 aromatic heterocycles. The standard InChI is InChI=1S/C10H14O.C2H6.CH4.FH/c11-9-5-4-8-10-6-2-1-3-7-10;1-2;;/h1-3,6-7,11H,4-5,8-9H2;1-2H3;1H4;1H. The molecule has 0 amide bonds. The molecule has 0 bridgehead atoms. The lowest BCUT2D eigenvalue weighted by atomic mass is 10.1. The van der Waals surface area contributed by atoms with Crippen LogP contribution in [0.4, 0.5) is 4.70 Å². The Bertz CT molecular complexity index is 187. The highest BCUT2D eigenvalue weighted by Gasteiger charge is 1.89. The van der Waals surface area contributed by atoms with Crippen LogP contribution in [0, 0.1) is 0 Å².